The molecule has 0 aliphatic rings. The van der Waals surface area contributed by atoms with Crippen LogP contribution in [0.1, 0.15) is 34.0 Å². The number of nitrogens with one attached hydrogen (secondary N) is 1. The Hall–Kier alpha value is -4.47. The molecule has 2 heterocycles. The minimum absolute atomic E-state index is 0.0364. The number of ether oxygens (including phenoxy) is 2. The smallest absolute Gasteiger partial charge is 0.310 e. The first-order valence-corrected chi connectivity index (χ1v) is 11.0. The molecular formula is C25H26N6O4. The quantitative estimate of drug-likeness (QED) is 0.343. The molecule has 0 aliphatic heterocycles. The van der Waals surface area contributed by atoms with Crippen molar-refractivity contribution in [2.24, 2.45) is 0 Å². The minimum Gasteiger partial charge on any atom is -0.489 e. The maximum Gasteiger partial charge on any atom is 0.310 e. The third kappa shape index (κ3) is 6.32. The molecule has 0 spiro atoms. The van der Waals surface area contributed by atoms with Gasteiger partial charge in [0.1, 0.15) is 18.1 Å². The largest absolute Gasteiger partial charge is 0.489 e. The number of benzene rings is 2. The van der Waals surface area contributed by atoms with E-state index in [1.54, 1.807) is 12.1 Å². The monoisotopic (exact) mass is 474 g/mol. The highest BCUT2D eigenvalue weighted by Crippen LogP contribution is 2.19. The van der Waals surface area contributed by atoms with Gasteiger partial charge in [-0.3, -0.25) is 4.79 Å². The number of para-hydroxylation sites is 1. The summed E-state index contributed by atoms with van der Waals surface area (Å²) >= 11 is 0. The molecule has 0 aliphatic carbocycles. The van der Waals surface area contributed by atoms with Crippen LogP contribution in [0.2, 0.25) is 0 Å². The fraction of sp³-hybridized carbons (Fsp3) is 0.240. The summed E-state index contributed by atoms with van der Waals surface area (Å²) in [4.78, 5) is 24.8. The summed E-state index contributed by atoms with van der Waals surface area (Å²) in [6.07, 6.45) is 0.0963. The van der Waals surface area contributed by atoms with E-state index in [4.69, 9.17) is 19.7 Å². The summed E-state index contributed by atoms with van der Waals surface area (Å²) in [7, 11) is 0. The van der Waals surface area contributed by atoms with Crippen molar-refractivity contribution in [2.45, 2.75) is 40.4 Å². The summed E-state index contributed by atoms with van der Waals surface area (Å²) in [6.45, 7) is 5.93. The topological polar surface area (TPSA) is 138 Å². The van der Waals surface area contributed by atoms with Gasteiger partial charge in [-0.15, -0.1) is 0 Å². The van der Waals surface area contributed by atoms with E-state index in [0.717, 1.165) is 33.8 Å². The predicted octanol–water partition coefficient (Wildman–Crippen LogP) is 3.98. The van der Waals surface area contributed by atoms with Crippen LogP contribution < -0.4 is 15.8 Å². The van der Waals surface area contributed by atoms with Crippen LogP contribution in [0.25, 0.3) is 0 Å². The van der Waals surface area contributed by atoms with E-state index in [0.29, 0.717) is 12.4 Å². The third-order valence-electron chi connectivity index (χ3n) is 5.29. The van der Waals surface area contributed by atoms with E-state index in [-0.39, 0.29) is 30.7 Å². The molecule has 10 nitrogen and oxygen atoms in total. The lowest BCUT2D eigenvalue weighted by Crippen LogP contribution is -2.12. The highest BCUT2D eigenvalue weighted by Gasteiger charge is 2.12. The molecule has 0 bridgehead atoms. The van der Waals surface area contributed by atoms with Crippen molar-refractivity contribution in [2.75, 3.05) is 11.1 Å². The Morgan fingerprint density at radius 2 is 1.77 bits per heavy atom. The van der Waals surface area contributed by atoms with Crippen molar-refractivity contribution in [1.29, 1.82) is 0 Å². The SMILES string of the molecule is Cc1ccccc1Nc1nc(N)nc(COC(=O)Cc2ccc(OCc3c(C)noc3C)cc2)n1. The normalized spacial score (nSPS) is 10.7. The van der Waals surface area contributed by atoms with E-state index in [9.17, 15) is 4.79 Å². The molecule has 0 fully saturated rings. The van der Waals surface area contributed by atoms with Gasteiger partial charge in [-0.1, -0.05) is 35.5 Å². The minimum atomic E-state index is -0.415. The van der Waals surface area contributed by atoms with Crippen LogP contribution in [0.15, 0.2) is 53.1 Å². The Morgan fingerprint density at radius 1 is 1.00 bits per heavy atom. The molecule has 10 heteroatoms. The van der Waals surface area contributed by atoms with Crippen molar-refractivity contribution >= 4 is 23.6 Å². The van der Waals surface area contributed by atoms with Gasteiger partial charge in [-0.05, 0) is 50.1 Å². The van der Waals surface area contributed by atoms with Gasteiger partial charge in [0.2, 0.25) is 11.9 Å². The van der Waals surface area contributed by atoms with Gasteiger partial charge < -0.3 is 25.0 Å². The molecule has 3 N–H and O–H groups in total. The van der Waals surface area contributed by atoms with Crippen molar-refractivity contribution in [1.82, 2.24) is 20.1 Å². The number of hydrogen-bond donors (Lipinski definition) is 2. The number of carbonyl (C=O) groups is 1. The number of nitrogens with two attached hydrogens (primary N) is 1. The second-order valence-corrected chi connectivity index (χ2v) is 7.95. The van der Waals surface area contributed by atoms with Gasteiger partial charge in [-0.25, -0.2) is 0 Å². The van der Waals surface area contributed by atoms with Crippen LogP contribution in [0.4, 0.5) is 17.6 Å². The second kappa shape index (κ2) is 10.6. The molecule has 35 heavy (non-hydrogen) atoms. The molecule has 0 saturated carbocycles. The molecule has 0 unspecified atom stereocenters. The van der Waals surface area contributed by atoms with Crippen molar-refractivity contribution in [3.63, 3.8) is 0 Å². The summed E-state index contributed by atoms with van der Waals surface area (Å²) in [5.41, 5.74) is 10.2. The number of anilines is 3. The zero-order valence-electron chi connectivity index (χ0n) is 19.7. The van der Waals surface area contributed by atoms with Crippen LogP contribution in [0.3, 0.4) is 0 Å². The van der Waals surface area contributed by atoms with Crippen LogP contribution in [0.5, 0.6) is 5.75 Å². The molecule has 0 amide bonds. The number of aromatic nitrogens is 4. The Labute approximate surface area is 202 Å². The van der Waals surface area contributed by atoms with E-state index in [2.05, 4.69) is 25.4 Å². The average molecular weight is 475 g/mol. The van der Waals surface area contributed by atoms with Crippen LogP contribution >= 0.6 is 0 Å². The van der Waals surface area contributed by atoms with Crippen LogP contribution in [0, 0.1) is 20.8 Å². The number of aryl methyl sites for hydroxylation is 3. The fourth-order valence-corrected chi connectivity index (χ4v) is 3.32. The predicted molar refractivity (Wildman–Crippen MR) is 129 cm³/mol. The zero-order chi connectivity index (χ0) is 24.8. The lowest BCUT2D eigenvalue weighted by molar-refractivity contribution is -0.144. The first-order valence-electron chi connectivity index (χ1n) is 11.0. The van der Waals surface area contributed by atoms with Crippen molar-refractivity contribution in [3.8, 4) is 5.75 Å². The molecule has 2 aromatic carbocycles. The van der Waals surface area contributed by atoms with Gasteiger partial charge in [-0.2, -0.15) is 15.0 Å². The van der Waals surface area contributed by atoms with Crippen molar-refractivity contribution < 1.29 is 18.8 Å². The highest BCUT2D eigenvalue weighted by molar-refractivity contribution is 5.72. The highest BCUT2D eigenvalue weighted by atomic mass is 16.5. The summed E-state index contributed by atoms with van der Waals surface area (Å²) in [6, 6.07) is 14.9. The zero-order valence-corrected chi connectivity index (χ0v) is 19.7. The molecule has 180 valence electrons. The van der Waals surface area contributed by atoms with Gasteiger partial charge in [0, 0.05) is 5.69 Å². The van der Waals surface area contributed by atoms with Crippen LogP contribution in [-0.2, 0) is 29.2 Å². The van der Waals surface area contributed by atoms with Gasteiger partial charge in [0.05, 0.1) is 17.7 Å². The third-order valence-corrected chi connectivity index (χ3v) is 5.29. The van der Waals surface area contributed by atoms with Gasteiger partial charge in [0.25, 0.3) is 0 Å². The molecule has 4 aromatic rings. The molecule has 0 radical (unpaired) electrons. The van der Waals surface area contributed by atoms with Crippen molar-refractivity contribution in [3.05, 3.63) is 82.5 Å². The lowest BCUT2D eigenvalue weighted by atomic mass is 10.1. The number of nitrogens with zero attached hydrogens (tertiary/aromatic N) is 4. The van der Waals surface area contributed by atoms with E-state index >= 15 is 0 Å². The maximum absolute atomic E-state index is 12.3. The molecule has 0 atom stereocenters. The molecule has 2 aromatic heterocycles. The molecular weight excluding hydrogens is 448 g/mol. The van der Waals surface area contributed by atoms with Gasteiger partial charge in [0.15, 0.2) is 12.4 Å². The fourth-order valence-electron chi connectivity index (χ4n) is 3.32. The first-order chi connectivity index (χ1) is 16.9. The molecule has 4 rings (SSSR count). The summed E-state index contributed by atoms with van der Waals surface area (Å²) < 4.78 is 16.3. The number of hydrogen-bond acceptors (Lipinski definition) is 10. The first kappa shape index (κ1) is 23.7. The molecule has 0 saturated heterocycles. The summed E-state index contributed by atoms with van der Waals surface area (Å²) in [5.74, 6) is 1.57. The Bertz CT molecular complexity index is 1300. The summed E-state index contributed by atoms with van der Waals surface area (Å²) in [5, 5.41) is 7.03. The average Bonchev–Trinajstić information content (AvgIpc) is 3.15. The van der Waals surface area contributed by atoms with E-state index in [1.165, 1.54) is 0 Å². The standard InChI is InChI=1S/C25H26N6O4/c1-15-6-4-5-7-21(15)27-25-29-22(28-24(26)30-25)14-34-23(32)12-18-8-10-19(11-9-18)33-13-20-16(2)31-35-17(20)3/h4-11H,12-14H2,1-3H3,(H3,26,27,28,29,30). The maximum atomic E-state index is 12.3. The number of nitrogen functional groups attached to an aromatic ring is 1. The number of esters is 1. The number of carbonyl (C=O) groups excluding carboxylic acids is 1. The lowest BCUT2D eigenvalue weighted by Gasteiger charge is -2.10. The van der Waals surface area contributed by atoms with E-state index in [1.807, 2.05) is 57.2 Å². The van der Waals surface area contributed by atoms with Gasteiger partial charge >= 0.3 is 5.97 Å². The Morgan fingerprint density at radius 3 is 2.49 bits per heavy atom. The second-order valence-electron chi connectivity index (χ2n) is 7.95. The van der Waals surface area contributed by atoms with Crippen LogP contribution in [-0.4, -0.2) is 26.1 Å². The Kier molecular flexibility index (Phi) is 7.20. The number of rotatable bonds is 9. The van der Waals surface area contributed by atoms with E-state index < -0.39 is 5.97 Å². The Balaban J connectivity index is 1.29.